The highest BCUT2D eigenvalue weighted by atomic mass is 31.2. The zero-order chi connectivity index (χ0) is 21.4. The summed E-state index contributed by atoms with van der Waals surface area (Å²) in [6.07, 6.45) is 0. The molecule has 30 heavy (non-hydrogen) atoms. The summed E-state index contributed by atoms with van der Waals surface area (Å²) in [5, 5.41) is 19.5. The Kier molecular flexibility index (Phi) is 7.49. The van der Waals surface area contributed by atoms with Gasteiger partial charge in [0.25, 0.3) is 0 Å². The summed E-state index contributed by atoms with van der Waals surface area (Å²) >= 11 is 0. The van der Waals surface area contributed by atoms with E-state index in [4.69, 9.17) is 18.3 Å². The van der Waals surface area contributed by atoms with Crippen LogP contribution < -0.4 is 9.26 Å². The molecule has 0 fully saturated rings. The van der Waals surface area contributed by atoms with E-state index in [0.717, 1.165) is 11.1 Å². The molecule has 0 aliphatic rings. The molecule has 3 aromatic rings. The number of aliphatic hydroxyl groups excluding tert-OH is 1. The predicted octanol–water partition coefficient (Wildman–Crippen LogP) is 4.81. The zero-order valence-corrected chi connectivity index (χ0v) is 17.3. The number of phenolic OH excluding ortho intramolecular Hbond substituents is 1. The minimum atomic E-state index is -4.14. The summed E-state index contributed by atoms with van der Waals surface area (Å²) in [4.78, 5) is 0. The van der Waals surface area contributed by atoms with Crippen LogP contribution in [0.15, 0.2) is 72.8 Å². The van der Waals surface area contributed by atoms with Gasteiger partial charge in [0.1, 0.15) is 0 Å². The van der Waals surface area contributed by atoms with Crippen LogP contribution in [0.4, 0.5) is 0 Å². The second-order valence-corrected chi connectivity index (χ2v) is 7.95. The predicted molar refractivity (Wildman–Crippen MR) is 111 cm³/mol. The van der Waals surface area contributed by atoms with Gasteiger partial charge < -0.3 is 19.5 Å². The lowest BCUT2D eigenvalue weighted by atomic mass is 10.2. The molecular weight excluding hydrogens is 407 g/mol. The van der Waals surface area contributed by atoms with Crippen molar-refractivity contribution in [2.24, 2.45) is 0 Å². The van der Waals surface area contributed by atoms with Gasteiger partial charge in [0.2, 0.25) is 5.75 Å². The Morgan fingerprint density at radius 1 is 0.833 bits per heavy atom. The fraction of sp³-hybridized carbons (Fsp3) is 0.182. The second kappa shape index (κ2) is 10.3. The average molecular weight is 430 g/mol. The number of ether oxygens (including phenoxy) is 1. The number of hydrogen-bond donors (Lipinski definition) is 2. The van der Waals surface area contributed by atoms with Crippen molar-refractivity contribution in [1.29, 1.82) is 0 Å². The maximum absolute atomic E-state index is 13.4. The standard InChI is InChI=1S/C22H23O7P/c1-26-22-20(24)12-19(14-23)13-21(22)29-30(25,27-15-17-8-4-2-5-9-17)28-16-18-10-6-3-7-11-18/h2-13,23-24H,14-16H2,1H3. The van der Waals surface area contributed by atoms with E-state index in [9.17, 15) is 14.8 Å². The van der Waals surface area contributed by atoms with Gasteiger partial charge in [0.15, 0.2) is 11.5 Å². The molecule has 0 bridgehead atoms. The van der Waals surface area contributed by atoms with Gasteiger partial charge in [-0.3, -0.25) is 9.05 Å². The van der Waals surface area contributed by atoms with Crippen molar-refractivity contribution in [3.8, 4) is 17.2 Å². The number of aliphatic hydroxyl groups is 1. The number of methoxy groups -OCH3 is 1. The van der Waals surface area contributed by atoms with E-state index < -0.39 is 7.82 Å². The minimum absolute atomic E-state index is 0.0130. The Hall–Kier alpha value is -2.83. The Morgan fingerprint density at radius 3 is 1.83 bits per heavy atom. The third kappa shape index (κ3) is 5.84. The monoisotopic (exact) mass is 430 g/mol. The highest BCUT2D eigenvalue weighted by Gasteiger charge is 2.31. The number of rotatable bonds is 10. The quantitative estimate of drug-likeness (QED) is 0.446. The van der Waals surface area contributed by atoms with Gasteiger partial charge in [-0.05, 0) is 28.8 Å². The van der Waals surface area contributed by atoms with Gasteiger partial charge in [-0.15, -0.1) is 0 Å². The highest BCUT2D eigenvalue weighted by Crippen LogP contribution is 2.54. The van der Waals surface area contributed by atoms with Gasteiger partial charge in [-0.25, -0.2) is 4.57 Å². The molecule has 0 saturated carbocycles. The lowest BCUT2D eigenvalue weighted by molar-refractivity contribution is 0.141. The van der Waals surface area contributed by atoms with E-state index in [1.54, 1.807) is 0 Å². The number of hydrogen-bond acceptors (Lipinski definition) is 7. The topological polar surface area (TPSA) is 94.5 Å². The number of phosphoric acid groups is 1. The normalized spacial score (nSPS) is 11.3. The lowest BCUT2D eigenvalue weighted by Gasteiger charge is -2.21. The second-order valence-electron chi connectivity index (χ2n) is 6.36. The summed E-state index contributed by atoms with van der Waals surface area (Å²) in [6.45, 7) is -0.379. The Bertz CT molecular complexity index is 946. The molecule has 0 aliphatic heterocycles. The minimum Gasteiger partial charge on any atom is -0.504 e. The van der Waals surface area contributed by atoms with Crippen LogP contribution in [0.5, 0.6) is 17.2 Å². The fourth-order valence-corrected chi connectivity index (χ4v) is 3.84. The van der Waals surface area contributed by atoms with Crippen molar-refractivity contribution in [2.45, 2.75) is 19.8 Å². The van der Waals surface area contributed by atoms with E-state index >= 15 is 0 Å². The fourth-order valence-electron chi connectivity index (χ4n) is 2.67. The molecule has 0 aliphatic carbocycles. The third-order valence-corrected chi connectivity index (χ3v) is 5.47. The molecule has 158 valence electrons. The van der Waals surface area contributed by atoms with Crippen LogP contribution in [0.3, 0.4) is 0 Å². The molecule has 0 heterocycles. The molecule has 0 spiro atoms. The summed E-state index contributed by atoms with van der Waals surface area (Å²) in [7, 11) is -2.80. The van der Waals surface area contributed by atoms with Crippen molar-refractivity contribution in [3.63, 3.8) is 0 Å². The van der Waals surface area contributed by atoms with Crippen LogP contribution in [0.2, 0.25) is 0 Å². The number of benzene rings is 3. The van der Waals surface area contributed by atoms with Crippen molar-refractivity contribution in [3.05, 3.63) is 89.5 Å². The smallest absolute Gasteiger partial charge is 0.504 e. The van der Waals surface area contributed by atoms with Crippen LogP contribution in [-0.2, 0) is 33.4 Å². The Balaban J connectivity index is 1.86. The highest BCUT2D eigenvalue weighted by molar-refractivity contribution is 7.48. The van der Waals surface area contributed by atoms with Crippen LogP contribution in [0.25, 0.3) is 0 Å². The molecule has 0 amide bonds. The zero-order valence-electron chi connectivity index (χ0n) is 16.4. The molecule has 0 atom stereocenters. The average Bonchev–Trinajstić information content (AvgIpc) is 2.78. The van der Waals surface area contributed by atoms with Crippen molar-refractivity contribution in [2.75, 3.05) is 7.11 Å². The molecule has 0 unspecified atom stereocenters. The van der Waals surface area contributed by atoms with Crippen LogP contribution >= 0.6 is 7.82 Å². The molecule has 0 aromatic heterocycles. The summed E-state index contributed by atoms with van der Waals surface area (Å²) in [6, 6.07) is 21.1. The first-order valence-electron chi connectivity index (χ1n) is 9.20. The molecule has 7 nitrogen and oxygen atoms in total. The van der Waals surface area contributed by atoms with Crippen molar-refractivity contribution >= 4 is 7.82 Å². The number of aromatic hydroxyl groups is 1. The molecule has 8 heteroatoms. The van der Waals surface area contributed by atoms with E-state index in [2.05, 4.69) is 0 Å². The van der Waals surface area contributed by atoms with E-state index in [1.807, 2.05) is 60.7 Å². The lowest BCUT2D eigenvalue weighted by Crippen LogP contribution is -2.05. The van der Waals surface area contributed by atoms with Gasteiger partial charge >= 0.3 is 7.82 Å². The Morgan fingerprint density at radius 2 is 1.37 bits per heavy atom. The first-order chi connectivity index (χ1) is 14.5. The van der Waals surface area contributed by atoms with Crippen molar-refractivity contribution in [1.82, 2.24) is 0 Å². The van der Waals surface area contributed by atoms with Gasteiger partial charge in [0, 0.05) is 0 Å². The summed E-state index contributed by atoms with van der Waals surface area (Å²) in [5.41, 5.74) is 1.91. The van der Waals surface area contributed by atoms with Crippen molar-refractivity contribution < 1.29 is 33.1 Å². The number of phosphoric ester groups is 1. The van der Waals surface area contributed by atoms with E-state index in [0.29, 0.717) is 5.56 Å². The molecule has 0 radical (unpaired) electrons. The van der Waals surface area contributed by atoms with Gasteiger partial charge in [-0.1, -0.05) is 60.7 Å². The van der Waals surface area contributed by atoms with E-state index in [1.165, 1.54) is 19.2 Å². The van der Waals surface area contributed by atoms with Gasteiger partial charge in [0.05, 0.1) is 26.9 Å². The molecule has 2 N–H and O–H groups in total. The maximum atomic E-state index is 13.4. The van der Waals surface area contributed by atoms with Crippen LogP contribution in [0, 0.1) is 0 Å². The summed E-state index contributed by atoms with van der Waals surface area (Å²) in [5.74, 6) is -0.373. The SMILES string of the molecule is COc1c(O)cc(CO)cc1OP(=O)(OCc1ccccc1)OCc1ccccc1. The molecule has 3 aromatic carbocycles. The van der Waals surface area contributed by atoms with Crippen LogP contribution in [-0.4, -0.2) is 17.3 Å². The first-order valence-corrected chi connectivity index (χ1v) is 10.7. The molecule has 3 rings (SSSR count). The van der Waals surface area contributed by atoms with E-state index in [-0.39, 0.29) is 37.1 Å². The molecular formula is C22H23O7P. The number of phenols is 1. The Labute approximate surface area is 175 Å². The maximum Gasteiger partial charge on any atom is 0.530 e. The van der Waals surface area contributed by atoms with Gasteiger partial charge in [-0.2, -0.15) is 0 Å². The summed E-state index contributed by atoms with van der Waals surface area (Å²) < 4.78 is 35.3. The largest absolute Gasteiger partial charge is 0.530 e. The van der Waals surface area contributed by atoms with Crippen LogP contribution in [0.1, 0.15) is 16.7 Å². The third-order valence-electron chi connectivity index (χ3n) is 4.16. The first kappa shape index (κ1) is 21.9. The molecule has 0 saturated heterocycles.